The number of hydrogen-bond donors (Lipinski definition) is 1. The van der Waals surface area contributed by atoms with Crippen molar-refractivity contribution >= 4 is 5.91 Å². The van der Waals surface area contributed by atoms with Crippen LogP contribution in [0.1, 0.15) is 22.0 Å². The van der Waals surface area contributed by atoms with Crippen LogP contribution in [-0.2, 0) is 26.6 Å². The van der Waals surface area contributed by atoms with E-state index in [9.17, 15) is 4.79 Å². The van der Waals surface area contributed by atoms with E-state index in [1.165, 1.54) is 5.56 Å². The summed E-state index contributed by atoms with van der Waals surface area (Å²) in [6.07, 6.45) is 5.90. The molecule has 1 aromatic carbocycles. The number of carbonyl (C=O) groups excluding carboxylic acids is 1. The van der Waals surface area contributed by atoms with E-state index in [0.717, 1.165) is 18.8 Å². The second-order valence-electron chi connectivity index (χ2n) is 5.22. The van der Waals surface area contributed by atoms with Gasteiger partial charge in [0.25, 0.3) is 5.91 Å². The Balaban J connectivity index is 1.58. The molecule has 0 radical (unpaired) electrons. The average Bonchev–Trinajstić information content (AvgIpc) is 3.20. The van der Waals surface area contributed by atoms with Crippen LogP contribution in [0.15, 0.2) is 49.1 Å². The Morgan fingerprint density at radius 2 is 2.09 bits per heavy atom. The molecule has 0 fully saturated rings. The SMILES string of the molecule is Cn1ccnc1C(=O)NCc1nncn1CCc1ccccc1. The molecule has 2 aromatic heterocycles. The van der Waals surface area contributed by atoms with Gasteiger partial charge in [0, 0.05) is 26.0 Å². The largest absolute Gasteiger partial charge is 0.342 e. The highest BCUT2D eigenvalue weighted by Gasteiger charge is 2.12. The van der Waals surface area contributed by atoms with Crippen molar-refractivity contribution in [2.45, 2.75) is 19.5 Å². The number of nitrogens with zero attached hydrogens (tertiary/aromatic N) is 5. The summed E-state index contributed by atoms with van der Waals surface area (Å²) in [5.74, 6) is 0.874. The molecule has 3 rings (SSSR count). The fourth-order valence-corrected chi connectivity index (χ4v) is 2.32. The minimum Gasteiger partial charge on any atom is -0.342 e. The second-order valence-corrected chi connectivity index (χ2v) is 5.22. The predicted octanol–water partition coefficient (Wildman–Crippen LogP) is 1.18. The third-order valence-corrected chi connectivity index (χ3v) is 3.61. The van der Waals surface area contributed by atoms with Gasteiger partial charge in [0.2, 0.25) is 0 Å². The first-order valence-electron chi connectivity index (χ1n) is 7.40. The molecular formula is C16H18N6O. The first-order chi connectivity index (χ1) is 11.2. The van der Waals surface area contributed by atoms with E-state index in [-0.39, 0.29) is 5.91 Å². The van der Waals surface area contributed by atoms with Crippen molar-refractivity contribution in [1.82, 2.24) is 29.6 Å². The Labute approximate surface area is 134 Å². The van der Waals surface area contributed by atoms with Crippen molar-refractivity contribution in [3.05, 3.63) is 66.3 Å². The Hall–Kier alpha value is -2.96. The zero-order valence-electron chi connectivity index (χ0n) is 12.9. The number of benzene rings is 1. The number of rotatable bonds is 6. The maximum Gasteiger partial charge on any atom is 0.287 e. The van der Waals surface area contributed by atoms with Crippen molar-refractivity contribution in [2.24, 2.45) is 7.05 Å². The van der Waals surface area contributed by atoms with Crippen molar-refractivity contribution < 1.29 is 4.79 Å². The number of hydrogen-bond acceptors (Lipinski definition) is 4. The van der Waals surface area contributed by atoms with Crippen LogP contribution in [0.5, 0.6) is 0 Å². The number of aromatic nitrogens is 5. The van der Waals surface area contributed by atoms with Crippen LogP contribution in [-0.4, -0.2) is 30.2 Å². The summed E-state index contributed by atoms with van der Waals surface area (Å²) in [7, 11) is 1.78. The fourth-order valence-electron chi connectivity index (χ4n) is 2.32. The molecule has 0 saturated carbocycles. The Bertz CT molecular complexity index is 777. The molecule has 118 valence electrons. The third-order valence-electron chi connectivity index (χ3n) is 3.61. The standard InChI is InChI=1S/C16H18N6O/c1-21-10-8-17-15(21)16(23)18-11-14-20-19-12-22(14)9-7-13-5-3-2-4-6-13/h2-6,8,10,12H,7,9,11H2,1H3,(H,18,23). The molecule has 0 bridgehead atoms. The molecule has 0 saturated heterocycles. The first kappa shape index (κ1) is 15.0. The maximum atomic E-state index is 12.1. The highest BCUT2D eigenvalue weighted by Crippen LogP contribution is 2.04. The zero-order chi connectivity index (χ0) is 16.1. The van der Waals surface area contributed by atoms with Gasteiger partial charge in [-0.25, -0.2) is 4.98 Å². The summed E-state index contributed by atoms with van der Waals surface area (Å²) in [4.78, 5) is 16.1. The molecule has 2 heterocycles. The molecule has 7 heteroatoms. The topological polar surface area (TPSA) is 77.6 Å². The number of nitrogens with one attached hydrogen (secondary N) is 1. The van der Waals surface area contributed by atoms with Gasteiger partial charge in [-0.05, 0) is 12.0 Å². The van der Waals surface area contributed by atoms with Crippen LogP contribution in [0, 0.1) is 0 Å². The van der Waals surface area contributed by atoms with Gasteiger partial charge in [0.05, 0.1) is 6.54 Å². The van der Waals surface area contributed by atoms with Crippen LogP contribution in [0.3, 0.4) is 0 Å². The van der Waals surface area contributed by atoms with E-state index in [1.807, 2.05) is 22.8 Å². The summed E-state index contributed by atoms with van der Waals surface area (Å²) in [5.41, 5.74) is 1.25. The molecule has 0 aliphatic rings. The zero-order valence-corrected chi connectivity index (χ0v) is 12.9. The summed E-state index contributed by atoms with van der Waals surface area (Å²) < 4.78 is 3.63. The third kappa shape index (κ3) is 3.63. The monoisotopic (exact) mass is 310 g/mol. The normalized spacial score (nSPS) is 10.7. The van der Waals surface area contributed by atoms with E-state index >= 15 is 0 Å². The molecule has 7 nitrogen and oxygen atoms in total. The minimum absolute atomic E-state index is 0.227. The fraction of sp³-hybridized carbons (Fsp3) is 0.250. The van der Waals surface area contributed by atoms with Crippen molar-refractivity contribution in [3.8, 4) is 0 Å². The van der Waals surface area contributed by atoms with Crippen molar-refractivity contribution in [3.63, 3.8) is 0 Å². The number of amides is 1. The van der Waals surface area contributed by atoms with Crippen LogP contribution in [0.4, 0.5) is 0 Å². The molecule has 23 heavy (non-hydrogen) atoms. The molecule has 0 aliphatic heterocycles. The van der Waals surface area contributed by atoms with Gasteiger partial charge in [-0.3, -0.25) is 4.79 Å². The van der Waals surface area contributed by atoms with Gasteiger partial charge in [-0.15, -0.1) is 10.2 Å². The maximum absolute atomic E-state index is 12.1. The van der Waals surface area contributed by atoms with Crippen LogP contribution >= 0.6 is 0 Å². The molecule has 1 amide bonds. The smallest absolute Gasteiger partial charge is 0.287 e. The van der Waals surface area contributed by atoms with Crippen LogP contribution in [0.25, 0.3) is 0 Å². The molecular weight excluding hydrogens is 292 g/mol. The van der Waals surface area contributed by atoms with E-state index < -0.39 is 0 Å². The average molecular weight is 310 g/mol. The quantitative estimate of drug-likeness (QED) is 0.742. The summed E-state index contributed by atoms with van der Waals surface area (Å²) in [6.45, 7) is 1.09. The van der Waals surface area contributed by atoms with Crippen LogP contribution < -0.4 is 5.32 Å². The van der Waals surface area contributed by atoms with E-state index in [4.69, 9.17) is 0 Å². The Morgan fingerprint density at radius 3 is 2.83 bits per heavy atom. The number of carbonyl (C=O) groups is 1. The van der Waals surface area contributed by atoms with E-state index in [1.54, 1.807) is 30.3 Å². The highest BCUT2D eigenvalue weighted by molar-refractivity contribution is 5.90. The molecule has 0 atom stereocenters. The first-order valence-corrected chi connectivity index (χ1v) is 7.40. The highest BCUT2D eigenvalue weighted by atomic mass is 16.2. The molecule has 0 unspecified atom stereocenters. The number of aryl methyl sites for hydroxylation is 3. The summed E-state index contributed by atoms with van der Waals surface area (Å²) in [5, 5.41) is 10.8. The Kier molecular flexibility index (Phi) is 4.46. The lowest BCUT2D eigenvalue weighted by atomic mass is 10.1. The lowest BCUT2D eigenvalue weighted by Gasteiger charge is -2.08. The van der Waals surface area contributed by atoms with Gasteiger partial charge < -0.3 is 14.5 Å². The van der Waals surface area contributed by atoms with E-state index in [0.29, 0.717) is 12.4 Å². The predicted molar refractivity (Wildman–Crippen MR) is 84.5 cm³/mol. The summed E-state index contributed by atoms with van der Waals surface area (Å²) in [6, 6.07) is 10.2. The molecule has 0 spiro atoms. The molecule has 1 N–H and O–H groups in total. The van der Waals surface area contributed by atoms with Gasteiger partial charge >= 0.3 is 0 Å². The van der Waals surface area contributed by atoms with Gasteiger partial charge in [-0.1, -0.05) is 30.3 Å². The molecule has 3 aromatic rings. The minimum atomic E-state index is -0.227. The van der Waals surface area contributed by atoms with Gasteiger partial charge in [0.1, 0.15) is 6.33 Å². The van der Waals surface area contributed by atoms with Crippen LogP contribution in [0.2, 0.25) is 0 Å². The lowest BCUT2D eigenvalue weighted by molar-refractivity contribution is 0.0936. The van der Waals surface area contributed by atoms with E-state index in [2.05, 4.69) is 32.6 Å². The molecule has 0 aliphatic carbocycles. The van der Waals surface area contributed by atoms with Gasteiger partial charge in [0.15, 0.2) is 11.6 Å². The van der Waals surface area contributed by atoms with Crippen molar-refractivity contribution in [2.75, 3.05) is 0 Å². The second kappa shape index (κ2) is 6.87. The summed E-state index contributed by atoms with van der Waals surface area (Å²) >= 11 is 0. The lowest BCUT2D eigenvalue weighted by Crippen LogP contribution is -2.27. The number of imidazole rings is 1. The van der Waals surface area contributed by atoms with Gasteiger partial charge in [-0.2, -0.15) is 0 Å². The Morgan fingerprint density at radius 1 is 1.26 bits per heavy atom. The van der Waals surface area contributed by atoms with Crippen molar-refractivity contribution in [1.29, 1.82) is 0 Å².